The lowest BCUT2D eigenvalue weighted by atomic mass is 10.1. The quantitative estimate of drug-likeness (QED) is 0.501. The van der Waals surface area contributed by atoms with Gasteiger partial charge in [0.2, 0.25) is 0 Å². The lowest BCUT2D eigenvalue weighted by molar-refractivity contribution is 0.102. The number of nitrogens with zero attached hydrogens (tertiary/aromatic N) is 1. The maximum absolute atomic E-state index is 11.9. The lowest BCUT2D eigenvalue weighted by Gasteiger charge is -2.16. The predicted octanol–water partition coefficient (Wildman–Crippen LogP) is 3.54. The van der Waals surface area contributed by atoms with Crippen LogP contribution in [0.5, 0.6) is 5.75 Å². The minimum absolute atomic E-state index is 0.316. The predicted molar refractivity (Wildman–Crippen MR) is 109 cm³/mol. The molecule has 1 aromatic carbocycles. The molecule has 0 aliphatic rings. The van der Waals surface area contributed by atoms with E-state index in [0.717, 1.165) is 37.0 Å². The average molecular weight is 408 g/mol. The van der Waals surface area contributed by atoms with E-state index in [9.17, 15) is 8.42 Å². The fraction of sp³-hybridized carbons (Fsp3) is 0.476. The average Bonchev–Trinajstić information content (AvgIpc) is 2.72. The first-order chi connectivity index (χ1) is 13.5. The Kier molecular flexibility index (Phi) is 8.89. The van der Waals surface area contributed by atoms with E-state index in [-0.39, 0.29) is 0 Å². The standard InChI is InChI=1S/C21H29NO5S/c1-4-17-6-10-19(22-16-17)14-15-27-20-11-7-18(8-12-20)9-13-21(26-5-2)28(23,24)25-3/h6-8,10-12,16,21H,4-5,9,13-15H2,1-3H3/t21-/m0/s1. The first-order valence-electron chi connectivity index (χ1n) is 9.55. The molecule has 154 valence electrons. The second kappa shape index (κ2) is 11.1. The molecule has 6 nitrogen and oxygen atoms in total. The van der Waals surface area contributed by atoms with Gasteiger partial charge >= 0.3 is 0 Å². The summed E-state index contributed by atoms with van der Waals surface area (Å²) in [4.78, 5) is 4.43. The smallest absolute Gasteiger partial charge is 0.294 e. The molecule has 7 heteroatoms. The third-order valence-electron chi connectivity index (χ3n) is 4.42. The Morgan fingerprint density at radius 1 is 1.00 bits per heavy atom. The monoisotopic (exact) mass is 407 g/mol. The summed E-state index contributed by atoms with van der Waals surface area (Å²) in [7, 11) is -2.54. The maximum atomic E-state index is 11.9. The van der Waals surface area contributed by atoms with Crippen LogP contribution in [0.1, 0.15) is 37.1 Å². The van der Waals surface area contributed by atoms with Crippen molar-refractivity contribution in [3.63, 3.8) is 0 Å². The van der Waals surface area contributed by atoms with Crippen molar-refractivity contribution in [3.8, 4) is 5.75 Å². The molecule has 0 unspecified atom stereocenters. The number of benzene rings is 1. The number of aromatic nitrogens is 1. The largest absolute Gasteiger partial charge is 0.493 e. The lowest BCUT2D eigenvalue weighted by Crippen LogP contribution is -2.26. The third kappa shape index (κ3) is 6.89. The number of hydrogen-bond acceptors (Lipinski definition) is 6. The van der Waals surface area contributed by atoms with Gasteiger partial charge in [-0.05, 0) is 55.5 Å². The van der Waals surface area contributed by atoms with E-state index in [1.54, 1.807) is 6.92 Å². The molecular weight excluding hydrogens is 378 g/mol. The van der Waals surface area contributed by atoms with E-state index in [1.165, 1.54) is 5.56 Å². The van der Waals surface area contributed by atoms with Crippen molar-refractivity contribution in [1.82, 2.24) is 4.98 Å². The summed E-state index contributed by atoms with van der Waals surface area (Å²) in [6.07, 6.45) is 4.55. The first kappa shape index (κ1) is 22.3. The van der Waals surface area contributed by atoms with Gasteiger partial charge in [-0.15, -0.1) is 0 Å². The highest BCUT2D eigenvalue weighted by molar-refractivity contribution is 7.87. The second-order valence-electron chi connectivity index (χ2n) is 6.34. The van der Waals surface area contributed by atoms with Gasteiger partial charge in [-0.1, -0.05) is 25.1 Å². The topological polar surface area (TPSA) is 74.7 Å². The van der Waals surface area contributed by atoms with Crippen molar-refractivity contribution in [2.75, 3.05) is 20.3 Å². The van der Waals surface area contributed by atoms with Gasteiger partial charge in [0.25, 0.3) is 10.1 Å². The van der Waals surface area contributed by atoms with Gasteiger partial charge in [-0.25, -0.2) is 0 Å². The summed E-state index contributed by atoms with van der Waals surface area (Å²) in [5, 5.41) is 0. The molecule has 0 aliphatic carbocycles. The van der Waals surface area contributed by atoms with E-state index in [2.05, 4.69) is 22.2 Å². The highest BCUT2D eigenvalue weighted by Crippen LogP contribution is 2.17. The Balaban J connectivity index is 1.81. The fourth-order valence-electron chi connectivity index (χ4n) is 2.73. The molecule has 1 heterocycles. The van der Waals surface area contributed by atoms with E-state index in [4.69, 9.17) is 9.47 Å². The van der Waals surface area contributed by atoms with Crippen molar-refractivity contribution in [2.45, 2.75) is 45.0 Å². The number of ether oxygens (including phenoxy) is 2. The van der Waals surface area contributed by atoms with Gasteiger partial charge in [0.1, 0.15) is 5.75 Å². The van der Waals surface area contributed by atoms with E-state index >= 15 is 0 Å². The SMILES string of the molecule is CCO[C@H](CCc1ccc(OCCc2ccc(CC)cn2)cc1)S(=O)(=O)OC. The summed E-state index contributed by atoms with van der Waals surface area (Å²) in [6, 6.07) is 11.8. The van der Waals surface area contributed by atoms with Crippen LogP contribution >= 0.6 is 0 Å². The molecule has 2 aromatic rings. The highest BCUT2D eigenvalue weighted by atomic mass is 32.2. The number of pyridine rings is 1. The molecule has 0 radical (unpaired) electrons. The van der Waals surface area contributed by atoms with Gasteiger partial charge in [-0.2, -0.15) is 8.42 Å². The zero-order valence-corrected chi connectivity index (χ0v) is 17.6. The molecule has 1 aromatic heterocycles. The molecule has 0 aliphatic heterocycles. The zero-order chi connectivity index (χ0) is 20.4. The van der Waals surface area contributed by atoms with Crippen LogP contribution in [0.25, 0.3) is 0 Å². The Labute approximate surface area is 168 Å². The molecule has 0 N–H and O–H groups in total. The van der Waals surface area contributed by atoms with E-state index in [1.807, 2.05) is 36.5 Å². The Bertz CT molecular complexity index is 804. The molecule has 0 saturated heterocycles. The summed E-state index contributed by atoms with van der Waals surface area (Å²) < 4.78 is 39.4. The van der Waals surface area contributed by atoms with Crippen LogP contribution in [0, 0.1) is 0 Å². The minimum Gasteiger partial charge on any atom is -0.493 e. The maximum Gasteiger partial charge on any atom is 0.294 e. The summed E-state index contributed by atoms with van der Waals surface area (Å²) in [6.45, 7) is 4.74. The van der Waals surface area contributed by atoms with Crippen LogP contribution in [-0.4, -0.2) is 39.2 Å². The molecule has 28 heavy (non-hydrogen) atoms. The van der Waals surface area contributed by atoms with Crippen molar-refractivity contribution < 1.29 is 22.1 Å². The van der Waals surface area contributed by atoms with E-state index in [0.29, 0.717) is 26.1 Å². The third-order valence-corrected chi connectivity index (χ3v) is 5.90. The minimum atomic E-state index is -3.70. The molecule has 0 saturated carbocycles. The molecule has 0 fully saturated rings. The Hall–Kier alpha value is -1.96. The van der Waals surface area contributed by atoms with Crippen molar-refractivity contribution in [1.29, 1.82) is 0 Å². The van der Waals surface area contributed by atoms with Crippen molar-refractivity contribution in [3.05, 3.63) is 59.4 Å². The summed E-state index contributed by atoms with van der Waals surface area (Å²) in [5.74, 6) is 0.778. The number of rotatable bonds is 12. The van der Waals surface area contributed by atoms with Gasteiger partial charge in [0.15, 0.2) is 5.44 Å². The number of hydrogen-bond donors (Lipinski definition) is 0. The molecule has 2 rings (SSSR count). The molecular formula is C21H29NO5S. The van der Waals surface area contributed by atoms with Gasteiger partial charge < -0.3 is 9.47 Å². The van der Waals surface area contributed by atoms with Gasteiger partial charge in [0, 0.05) is 24.9 Å². The Morgan fingerprint density at radius 2 is 1.71 bits per heavy atom. The fourth-order valence-corrected chi connectivity index (χ4v) is 3.65. The summed E-state index contributed by atoms with van der Waals surface area (Å²) in [5.41, 5.74) is 2.30. The van der Waals surface area contributed by atoms with Gasteiger partial charge in [0.05, 0.1) is 13.7 Å². The molecule has 0 amide bonds. The molecule has 0 spiro atoms. The summed E-state index contributed by atoms with van der Waals surface area (Å²) >= 11 is 0. The second-order valence-corrected chi connectivity index (χ2v) is 8.18. The van der Waals surface area contributed by atoms with Crippen LogP contribution in [0.3, 0.4) is 0 Å². The van der Waals surface area contributed by atoms with Crippen molar-refractivity contribution >= 4 is 10.1 Å². The molecule has 0 bridgehead atoms. The normalized spacial score (nSPS) is 12.7. The van der Waals surface area contributed by atoms with Crippen LogP contribution in [0.4, 0.5) is 0 Å². The van der Waals surface area contributed by atoms with Crippen LogP contribution in [0.15, 0.2) is 42.6 Å². The highest BCUT2D eigenvalue weighted by Gasteiger charge is 2.25. The molecule has 1 atom stereocenters. The first-order valence-corrected chi connectivity index (χ1v) is 11.0. The van der Waals surface area contributed by atoms with Gasteiger partial charge in [-0.3, -0.25) is 9.17 Å². The van der Waals surface area contributed by atoms with Crippen LogP contribution in [0.2, 0.25) is 0 Å². The number of aryl methyl sites for hydroxylation is 2. The zero-order valence-electron chi connectivity index (χ0n) is 16.8. The van der Waals surface area contributed by atoms with Crippen LogP contribution < -0.4 is 4.74 Å². The van der Waals surface area contributed by atoms with Crippen molar-refractivity contribution in [2.24, 2.45) is 0 Å². The Morgan fingerprint density at radius 3 is 2.29 bits per heavy atom. The van der Waals surface area contributed by atoms with Crippen LogP contribution in [-0.2, 0) is 38.3 Å². The van der Waals surface area contributed by atoms with E-state index < -0.39 is 15.6 Å².